The Bertz CT molecular complexity index is 92.9. The molecule has 9 heavy (non-hydrogen) atoms. The summed E-state index contributed by atoms with van der Waals surface area (Å²) in [7, 11) is 0. The van der Waals surface area contributed by atoms with Gasteiger partial charge >= 0.3 is 0 Å². The normalized spacial score (nSPS) is 36.0. The average molecular weight is 240 g/mol. The molecule has 0 N–H and O–H groups in total. The van der Waals surface area contributed by atoms with Gasteiger partial charge in [0.2, 0.25) is 0 Å². The minimum absolute atomic E-state index is 0.534. The van der Waals surface area contributed by atoms with Crippen LogP contribution in [0.1, 0.15) is 20.3 Å². The van der Waals surface area contributed by atoms with Gasteiger partial charge in [0.25, 0.3) is 0 Å². The third-order valence-corrected chi connectivity index (χ3v) is 2.59. The van der Waals surface area contributed by atoms with E-state index in [4.69, 9.17) is 4.74 Å². The van der Waals surface area contributed by atoms with Gasteiger partial charge in [-0.25, -0.2) is 0 Å². The van der Waals surface area contributed by atoms with Crippen molar-refractivity contribution in [1.29, 1.82) is 0 Å². The van der Waals surface area contributed by atoms with Crippen LogP contribution in [0.3, 0.4) is 0 Å². The second-order valence-electron chi connectivity index (χ2n) is 2.95. The van der Waals surface area contributed by atoms with Crippen molar-refractivity contribution in [2.24, 2.45) is 5.92 Å². The molecule has 1 fully saturated rings. The van der Waals surface area contributed by atoms with Crippen LogP contribution in [0.15, 0.2) is 0 Å². The zero-order valence-electron chi connectivity index (χ0n) is 5.93. The van der Waals surface area contributed by atoms with Crippen LogP contribution < -0.4 is 0 Å². The van der Waals surface area contributed by atoms with Gasteiger partial charge in [-0.05, 0) is 12.3 Å². The Morgan fingerprint density at radius 1 is 1.56 bits per heavy atom. The Morgan fingerprint density at radius 3 is 2.44 bits per heavy atom. The SMILES string of the molecule is CC(C)C1CC(I)CO1. The molecule has 0 aromatic carbocycles. The first-order valence-corrected chi connectivity index (χ1v) is 4.70. The van der Waals surface area contributed by atoms with Gasteiger partial charge in [-0.3, -0.25) is 0 Å². The lowest BCUT2D eigenvalue weighted by Gasteiger charge is -2.11. The molecule has 2 heteroatoms. The van der Waals surface area contributed by atoms with E-state index in [-0.39, 0.29) is 0 Å². The van der Waals surface area contributed by atoms with Crippen molar-refractivity contribution in [3.63, 3.8) is 0 Å². The van der Waals surface area contributed by atoms with Gasteiger partial charge in [0, 0.05) is 3.92 Å². The monoisotopic (exact) mass is 240 g/mol. The molecule has 1 nitrogen and oxygen atoms in total. The predicted octanol–water partition coefficient (Wildman–Crippen LogP) is 2.23. The van der Waals surface area contributed by atoms with Crippen molar-refractivity contribution in [3.05, 3.63) is 0 Å². The number of rotatable bonds is 1. The number of hydrogen-bond acceptors (Lipinski definition) is 1. The molecule has 0 bridgehead atoms. The third-order valence-electron chi connectivity index (χ3n) is 1.72. The number of hydrogen-bond donors (Lipinski definition) is 0. The van der Waals surface area contributed by atoms with Crippen LogP contribution in [0, 0.1) is 5.92 Å². The fourth-order valence-corrected chi connectivity index (χ4v) is 1.79. The molecule has 0 spiro atoms. The molecular weight excluding hydrogens is 227 g/mol. The first-order chi connectivity index (χ1) is 4.20. The van der Waals surface area contributed by atoms with Crippen LogP contribution >= 0.6 is 22.6 Å². The Morgan fingerprint density at radius 2 is 2.22 bits per heavy atom. The Kier molecular flexibility index (Phi) is 2.76. The maximum atomic E-state index is 5.52. The van der Waals surface area contributed by atoms with E-state index in [2.05, 4.69) is 36.4 Å². The number of alkyl halides is 1. The molecule has 2 unspecified atom stereocenters. The minimum atomic E-state index is 0.534. The molecule has 0 aromatic heterocycles. The maximum Gasteiger partial charge on any atom is 0.0609 e. The molecule has 0 radical (unpaired) electrons. The Balaban J connectivity index is 2.30. The minimum Gasteiger partial charge on any atom is -0.377 e. The summed E-state index contributed by atoms with van der Waals surface area (Å²) in [5.41, 5.74) is 0. The highest BCUT2D eigenvalue weighted by Crippen LogP contribution is 2.24. The van der Waals surface area contributed by atoms with Crippen molar-refractivity contribution in [2.45, 2.75) is 30.3 Å². The van der Waals surface area contributed by atoms with Crippen molar-refractivity contribution < 1.29 is 4.74 Å². The number of halogens is 1. The topological polar surface area (TPSA) is 9.23 Å². The smallest absolute Gasteiger partial charge is 0.0609 e. The van der Waals surface area contributed by atoms with E-state index in [0.29, 0.717) is 12.0 Å². The van der Waals surface area contributed by atoms with E-state index in [1.807, 2.05) is 0 Å². The van der Waals surface area contributed by atoms with Gasteiger partial charge in [-0.15, -0.1) is 0 Å². The van der Waals surface area contributed by atoms with Crippen LogP contribution in [-0.4, -0.2) is 16.6 Å². The molecule has 1 heterocycles. The highest BCUT2D eigenvalue weighted by Gasteiger charge is 2.25. The molecule has 54 valence electrons. The number of ether oxygens (including phenoxy) is 1. The fraction of sp³-hybridized carbons (Fsp3) is 1.00. The Labute approximate surface area is 70.3 Å². The zero-order valence-corrected chi connectivity index (χ0v) is 8.09. The highest BCUT2D eigenvalue weighted by atomic mass is 127. The van der Waals surface area contributed by atoms with Gasteiger partial charge in [-0.1, -0.05) is 36.4 Å². The molecule has 1 aliphatic heterocycles. The average Bonchev–Trinajstić information content (AvgIpc) is 2.14. The summed E-state index contributed by atoms with van der Waals surface area (Å²) in [6, 6.07) is 0. The van der Waals surface area contributed by atoms with Crippen LogP contribution in [-0.2, 0) is 4.74 Å². The molecule has 0 amide bonds. The van der Waals surface area contributed by atoms with Gasteiger partial charge < -0.3 is 4.74 Å². The van der Waals surface area contributed by atoms with E-state index in [9.17, 15) is 0 Å². The summed E-state index contributed by atoms with van der Waals surface area (Å²) in [6.07, 6.45) is 1.78. The van der Waals surface area contributed by atoms with E-state index in [0.717, 1.165) is 10.5 Å². The van der Waals surface area contributed by atoms with Crippen LogP contribution in [0.25, 0.3) is 0 Å². The Hall–Kier alpha value is 0.690. The quantitative estimate of drug-likeness (QED) is 0.504. The standard InChI is InChI=1S/C7H13IO/c1-5(2)7-3-6(8)4-9-7/h5-7H,3-4H2,1-2H3. The summed E-state index contributed by atoms with van der Waals surface area (Å²) in [5.74, 6) is 0.699. The summed E-state index contributed by atoms with van der Waals surface area (Å²) in [5, 5.41) is 0. The second kappa shape index (κ2) is 3.19. The van der Waals surface area contributed by atoms with E-state index < -0.39 is 0 Å². The lowest BCUT2D eigenvalue weighted by molar-refractivity contribution is 0.0762. The summed E-state index contributed by atoms with van der Waals surface area (Å²) >= 11 is 2.46. The van der Waals surface area contributed by atoms with Crippen LogP contribution in [0.2, 0.25) is 0 Å². The van der Waals surface area contributed by atoms with Crippen LogP contribution in [0.4, 0.5) is 0 Å². The molecule has 0 aromatic rings. The molecule has 0 saturated carbocycles. The molecule has 0 aliphatic carbocycles. The van der Waals surface area contributed by atoms with Crippen molar-refractivity contribution in [1.82, 2.24) is 0 Å². The van der Waals surface area contributed by atoms with E-state index in [1.54, 1.807) is 0 Å². The summed E-state index contributed by atoms with van der Waals surface area (Å²) in [6.45, 7) is 5.40. The summed E-state index contributed by atoms with van der Waals surface area (Å²) < 4.78 is 6.28. The second-order valence-corrected chi connectivity index (χ2v) is 4.71. The first kappa shape index (κ1) is 7.79. The van der Waals surface area contributed by atoms with Crippen molar-refractivity contribution in [3.8, 4) is 0 Å². The lowest BCUT2D eigenvalue weighted by Crippen LogP contribution is -2.12. The van der Waals surface area contributed by atoms with Crippen LogP contribution in [0.5, 0.6) is 0 Å². The largest absolute Gasteiger partial charge is 0.377 e. The van der Waals surface area contributed by atoms with E-state index >= 15 is 0 Å². The zero-order chi connectivity index (χ0) is 6.85. The van der Waals surface area contributed by atoms with Gasteiger partial charge in [-0.2, -0.15) is 0 Å². The highest BCUT2D eigenvalue weighted by molar-refractivity contribution is 14.1. The van der Waals surface area contributed by atoms with Crippen molar-refractivity contribution in [2.75, 3.05) is 6.61 Å². The molecule has 1 aliphatic rings. The molecule has 2 atom stereocenters. The molecule has 1 rings (SSSR count). The van der Waals surface area contributed by atoms with Gasteiger partial charge in [0.05, 0.1) is 12.7 Å². The first-order valence-electron chi connectivity index (χ1n) is 3.46. The van der Waals surface area contributed by atoms with Gasteiger partial charge in [0.15, 0.2) is 0 Å². The van der Waals surface area contributed by atoms with Crippen molar-refractivity contribution >= 4 is 22.6 Å². The predicted molar refractivity (Wildman–Crippen MR) is 47.0 cm³/mol. The van der Waals surface area contributed by atoms with Gasteiger partial charge in [0.1, 0.15) is 0 Å². The van der Waals surface area contributed by atoms with E-state index in [1.165, 1.54) is 6.42 Å². The molecular formula is C7H13IO. The summed E-state index contributed by atoms with van der Waals surface area (Å²) in [4.78, 5) is 0. The third kappa shape index (κ3) is 2.08. The lowest BCUT2D eigenvalue weighted by atomic mass is 10.1. The maximum absolute atomic E-state index is 5.52. The molecule has 1 saturated heterocycles. The fourth-order valence-electron chi connectivity index (χ4n) is 1.08.